The Morgan fingerprint density at radius 3 is 2.14 bits per heavy atom. The van der Waals surface area contributed by atoms with Gasteiger partial charge in [0.25, 0.3) is 5.91 Å². The summed E-state index contributed by atoms with van der Waals surface area (Å²) in [4.78, 5) is 12.6. The van der Waals surface area contributed by atoms with Gasteiger partial charge in [-0.25, -0.2) is 0 Å². The van der Waals surface area contributed by atoms with Gasteiger partial charge < -0.3 is 24.3 Å². The first-order valence-corrected chi connectivity index (χ1v) is 9.61. The van der Waals surface area contributed by atoms with Gasteiger partial charge in [-0.05, 0) is 45.0 Å². The van der Waals surface area contributed by atoms with Crippen LogP contribution in [0.1, 0.15) is 36.7 Å². The first-order valence-electron chi connectivity index (χ1n) is 9.61. The molecule has 0 spiro atoms. The SMILES string of the molecule is CCOc1cc(C(=O)NCC#Cc2ccccc2OC)cc(OCC)c1OCC. The minimum atomic E-state index is -0.274. The van der Waals surface area contributed by atoms with Crippen LogP contribution >= 0.6 is 0 Å². The van der Waals surface area contributed by atoms with Crippen LogP contribution in [-0.4, -0.2) is 39.4 Å². The third-order valence-electron chi connectivity index (χ3n) is 3.84. The summed E-state index contributed by atoms with van der Waals surface area (Å²) < 4.78 is 22.2. The van der Waals surface area contributed by atoms with Crippen LogP contribution in [0.25, 0.3) is 0 Å². The lowest BCUT2D eigenvalue weighted by atomic mass is 10.1. The number of nitrogens with one attached hydrogen (secondary N) is 1. The minimum Gasteiger partial charge on any atom is -0.495 e. The average Bonchev–Trinajstić information content (AvgIpc) is 2.73. The molecular weight excluding hydrogens is 370 g/mol. The van der Waals surface area contributed by atoms with Gasteiger partial charge in [-0.3, -0.25) is 4.79 Å². The highest BCUT2D eigenvalue weighted by molar-refractivity contribution is 5.95. The Labute approximate surface area is 172 Å². The van der Waals surface area contributed by atoms with Crippen LogP contribution in [0.4, 0.5) is 0 Å². The number of rotatable bonds is 9. The van der Waals surface area contributed by atoms with Crippen LogP contribution in [0.5, 0.6) is 23.0 Å². The molecule has 2 aromatic rings. The summed E-state index contributed by atoms with van der Waals surface area (Å²) in [5.41, 5.74) is 1.18. The Hall–Kier alpha value is -3.33. The summed E-state index contributed by atoms with van der Waals surface area (Å²) >= 11 is 0. The Morgan fingerprint density at radius 2 is 1.55 bits per heavy atom. The Kier molecular flexibility index (Phi) is 8.71. The molecule has 6 heteroatoms. The monoisotopic (exact) mass is 397 g/mol. The van der Waals surface area contributed by atoms with E-state index in [0.29, 0.717) is 48.4 Å². The van der Waals surface area contributed by atoms with Crippen molar-refractivity contribution < 1.29 is 23.7 Å². The quantitative estimate of drug-likeness (QED) is 0.654. The number of benzene rings is 2. The van der Waals surface area contributed by atoms with Crippen LogP contribution in [0.2, 0.25) is 0 Å². The number of methoxy groups -OCH3 is 1. The van der Waals surface area contributed by atoms with Gasteiger partial charge in [-0.1, -0.05) is 24.0 Å². The van der Waals surface area contributed by atoms with E-state index < -0.39 is 0 Å². The van der Waals surface area contributed by atoms with Gasteiger partial charge in [0.2, 0.25) is 5.75 Å². The highest BCUT2D eigenvalue weighted by atomic mass is 16.5. The van der Waals surface area contributed by atoms with E-state index in [4.69, 9.17) is 18.9 Å². The van der Waals surface area contributed by atoms with Crippen molar-refractivity contribution in [1.29, 1.82) is 0 Å². The molecule has 1 N–H and O–H groups in total. The zero-order valence-electron chi connectivity index (χ0n) is 17.3. The molecular formula is C23H27NO5. The molecule has 0 aliphatic heterocycles. The summed E-state index contributed by atoms with van der Waals surface area (Å²) in [5.74, 6) is 7.82. The zero-order chi connectivity index (χ0) is 21.1. The number of hydrogen-bond donors (Lipinski definition) is 1. The second-order valence-electron chi connectivity index (χ2n) is 5.79. The van der Waals surface area contributed by atoms with Gasteiger partial charge in [-0.2, -0.15) is 0 Å². The Balaban J connectivity index is 2.16. The third-order valence-corrected chi connectivity index (χ3v) is 3.84. The number of carbonyl (C=O) groups excluding carboxylic acids is 1. The first kappa shape index (κ1) is 22.0. The van der Waals surface area contributed by atoms with E-state index in [0.717, 1.165) is 5.56 Å². The molecule has 0 saturated heterocycles. The van der Waals surface area contributed by atoms with E-state index in [9.17, 15) is 4.79 Å². The number of amides is 1. The molecule has 29 heavy (non-hydrogen) atoms. The highest BCUT2D eigenvalue weighted by Crippen LogP contribution is 2.39. The maximum atomic E-state index is 12.6. The van der Waals surface area contributed by atoms with Crippen molar-refractivity contribution >= 4 is 5.91 Å². The molecule has 0 aromatic heterocycles. The predicted molar refractivity (Wildman–Crippen MR) is 112 cm³/mol. The molecule has 2 aromatic carbocycles. The number of hydrogen-bond acceptors (Lipinski definition) is 5. The molecule has 0 atom stereocenters. The fourth-order valence-electron chi connectivity index (χ4n) is 2.63. The minimum absolute atomic E-state index is 0.192. The normalized spacial score (nSPS) is 9.79. The molecule has 0 heterocycles. The number of ether oxygens (including phenoxy) is 4. The fraction of sp³-hybridized carbons (Fsp3) is 0.348. The summed E-state index contributed by atoms with van der Waals surface area (Å²) in [5, 5.41) is 2.79. The van der Waals surface area contributed by atoms with Gasteiger partial charge >= 0.3 is 0 Å². The van der Waals surface area contributed by atoms with Crippen LogP contribution in [0.15, 0.2) is 36.4 Å². The molecule has 2 rings (SSSR count). The van der Waals surface area contributed by atoms with Gasteiger partial charge in [0.1, 0.15) is 5.75 Å². The molecule has 0 fully saturated rings. The van der Waals surface area contributed by atoms with Crippen molar-refractivity contribution in [1.82, 2.24) is 5.32 Å². The lowest BCUT2D eigenvalue weighted by Gasteiger charge is -2.16. The molecule has 0 unspecified atom stereocenters. The van der Waals surface area contributed by atoms with Gasteiger partial charge in [-0.15, -0.1) is 0 Å². The maximum Gasteiger partial charge on any atom is 0.252 e. The lowest BCUT2D eigenvalue weighted by molar-refractivity contribution is 0.0957. The van der Waals surface area contributed by atoms with E-state index in [1.165, 1.54) is 0 Å². The third kappa shape index (κ3) is 6.08. The Morgan fingerprint density at radius 1 is 0.931 bits per heavy atom. The van der Waals surface area contributed by atoms with Crippen LogP contribution in [-0.2, 0) is 0 Å². The summed E-state index contributed by atoms with van der Waals surface area (Å²) in [6, 6.07) is 10.8. The second-order valence-corrected chi connectivity index (χ2v) is 5.79. The molecule has 0 bridgehead atoms. The molecule has 0 aliphatic carbocycles. The average molecular weight is 397 g/mol. The van der Waals surface area contributed by atoms with Crippen LogP contribution < -0.4 is 24.3 Å². The topological polar surface area (TPSA) is 66.0 Å². The largest absolute Gasteiger partial charge is 0.495 e. The highest BCUT2D eigenvalue weighted by Gasteiger charge is 2.18. The van der Waals surface area contributed by atoms with E-state index in [1.54, 1.807) is 19.2 Å². The molecule has 0 radical (unpaired) electrons. The van der Waals surface area contributed by atoms with E-state index in [2.05, 4.69) is 17.2 Å². The predicted octanol–water partition coefficient (Wildman–Crippen LogP) is 3.67. The smallest absolute Gasteiger partial charge is 0.252 e. The fourth-order valence-corrected chi connectivity index (χ4v) is 2.63. The zero-order valence-corrected chi connectivity index (χ0v) is 17.3. The summed E-state index contributed by atoms with van der Waals surface area (Å²) in [6.45, 7) is 7.17. The van der Waals surface area contributed by atoms with Crippen molar-refractivity contribution in [2.75, 3.05) is 33.5 Å². The van der Waals surface area contributed by atoms with Crippen LogP contribution in [0.3, 0.4) is 0 Å². The van der Waals surface area contributed by atoms with Gasteiger partial charge in [0.15, 0.2) is 11.5 Å². The number of para-hydroxylation sites is 1. The molecule has 6 nitrogen and oxygen atoms in total. The second kappa shape index (κ2) is 11.5. The Bertz CT molecular complexity index is 855. The lowest BCUT2D eigenvalue weighted by Crippen LogP contribution is -2.23. The van der Waals surface area contributed by atoms with Crippen molar-refractivity contribution in [2.45, 2.75) is 20.8 Å². The standard InChI is InChI=1S/C23H27NO5/c1-5-27-20-15-18(16-21(28-6-2)22(20)29-7-3)23(25)24-14-10-12-17-11-8-9-13-19(17)26-4/h8-9,11,13,15-16H,5-7,14H2,1-4H3,(H,24,25). The molecule has 154 valence electrons. The van der Waals surface area contributed by atoms with Crippen molar-refractivity contribution in [3.63, 3.8) is 0 Å². The van der Waals surface area contributed by atoms with Crippen molar-refractivity contribution in [2.24, 2.45) is 0 Å². The first-order chi connectivity index (χ1) is 14.1. The van der Waals surface area contributed by atoms with Crippen molar-refractivity contribution in [3.8, 4) is 34.8 Å². The molecule has 0 aliphatic rings. The number of carbonyl (C=O) groups is 1. The van der Waals surface area contributed by atoms with Gasteiger partial charge in [0, 0.05) is 5.56 Å². The van der Waals surface area contributed by atoms with E-state index >= 15 is 0 Å². The summed E-state index contributed by atoms with van der Waals surface area (Å²) in [6.07, 6.45) is 0. The maximum absolute atomic E-state index is 12.6. The van der Waals surface area contributed by atoms with Gasteiger partial charge in [0.05, 0.1) is 39.0 Å². The molecule has 1 amide bonds. The molecule has 0 saturated carbocycles. The van der Waals surface area contributed by atoms with Crippen molar-refractivity contribution in [3.05, 3.63) is 47.5 Å². The van der Waals surface area contributed by atoms with E-state index in [1.807, 2.05) is 45.0 Å². The van der Waals surface area contributed by atoms with E-state index in [-0.39, 0.29) is 12.5 Å². The van der Waals surface area contributed by atoms with Crippen LogP contribution in [0, 0.1) is 11.8 Å². The summed E-state index contributed by atoms with van der Waals surface area (Å²) in [7, 11) is 1.60.